The van der Waals surface area contributed by atoms with E-state index in [2.05, 4.69) is 10.1 Å². The topological polar surface area (TPSA) is 73.0 Å². The molecule has 144 valence electrons. The number of carbonyl (C=O) groups is 1. The summed E-state index contributed by atoms with van der Waals surface area (Å²) >= 11 is 0. The standard InChI is InChI=1S/C21H23N5O2/c1-24-21(28)26(18-7-3-2-4-8-18)20(23-24)17-6-5-13-25(15-17)19(27)14-16-9-11-22-12-10-16/h2-4,7-12,17H,5-6,13-15H2,1H3/t17-/m1/s1. The first-order chi connectivity index (χ1) is 13.6. The Balaban J connectivity index is 1.58. The Bertz CT molecular complexity index is 1010. The normalized spacial score (nSPS) is 16.9. The molecule has 0 bridgehead atoms. The molecule has 3 aromatic rings. The average molecular weight is 377 g/mol. The molecule has 1 amide bonds. The summed E-state index contributed by atoms with van der Waals surface area (Å²) in [7, 11) is 1.67. The van der Waals surface area contributed by atoms with Crippen molar-refractivity contribution in [2.45, 2.75) is 25.2 Å². The van der Waals surface area contributed by atoms with Gasteiger partial charge in [-0.1, -0.05) is 18.2 Å². The summed E-state index contributed by atoms with van der Waals surface area (Å²) in [5.41, 5.74) is 1.60. The third-order valence-corrected chi connectivity index (χ3v) is 5.21. The Morgan fingerprint density at radius 1 is 1.14 bits per heavy atom. The number of hydrogen-bond donors (Lipinski definition) is 0. The number of likely N-dealkylation sites (tertiary alicyclic amines) is 1. The molecule has 7 nitrogen and oxygen atoms in total. The maximum Gasteiger partial charge on any atom is 0.350 e. The molecule has 1 fully saturated rings. The third kappa shape index (κ3) is 3.60. The van der Waals surface area contributed by atoms with Gasteiger partial charge in [0, 0.05) is 38.4 Å². The molecular formula is C21H23N5O2. The number of aromatic nitrogens is 4. The lowest BCUT2D eigenvalue weighted by Gasteiger charge is -2.32. The number of hydrogen-bond acceptors (Lipinski definition) is 4. The van der Waals surface area contributed by atoms with Crippen molar-refractivity contribution < 1.29 is 4.79 Å². The van der Waals surface area contributed by atoms with Crippen molar-refractivity contribution in [3.8, 4) is 5.69 Å². The monoisotopic (exact) mass is 377 g/mol. The summed E-state index contributed by atoms with van der Waals surface area (Å²) in [6, 6.07) is 13.3. The minimum Gasteiger partial charge on any atom is -0.342 e. The second kappa shape index (κ2) is 7.80. The molecule has 28 heavy (non-hydrogen) atoms. The van der Waals surface area contributed by atoms with Gasteiger partial charge in [-0.15, -0.1) is 0 Å². The first-order valence-electron chi connectivity index (χ1n) is 9.51. The molecule has 1 aliphatic heterocycles. The Labute approximate surface area is 163 Å². The lowest BCUT2D eigenvalue weighted by Crippen LogP contribution is -2.40. The van der Waals surface area contributed by atoms with Gasteiger partial charge in [-0.3, -0.25) is 9.78 Å². The quantitative estimate of drug-likeness (QED) is 0.696. The molecule has 0 N–H and O–H groups in total. The van der Waals surface area contributed by atoms with E-state index in [9.17, 15) is 9.59 Å². The lowest BCUT2D eigenvalue weighted by molar-refractivity contribution is -0.131. The number of benzene rings is 1. The number of pyridine rings is 1. The van der Waals surface area contributed by atoms with E-state index >= 15 is 0 Å². The van der Waals surface area contributed by atoms with E-state index in [1.165, 1.54) is 4.68 Å². The van der Waals surface area contributed by atoms with Crippen LogP contribution >= 0.6 is 0 Å². The van der Waals surface area contributed by atoms with Gasteiger partial charge < -0.3 is 4.90 Å². The van der Waals surface area contributed by atoms with Gasteiger partial charge >= 0.3 is 5.69 Å². The molecule has 3 heterocycles. The maximum atomic E-state index is 12.8. The molecule has 1 atom stereocenters. The fourth-order valence-corrected chi connectivity index (χ4v) is 3.77. The second-order valence-electron chi connectivity index (χ2n) is 7.15. The molecule has 1 saturated heterocycles. The summed E-state index contributed by atoms with van der Waals surface area (Å²) < 4.78 is 3.04. The van der Waals surface area contributed by atoms with Crippen LogP contribution in [0.4, 0.5) is 0 Å². The van der Waals surface area contributed by atoms with Crippen LogP contribution in [-0.2, 0) is 18.3 Å². The summed E-state index contributed by atoms with van der Waals surface area (Å²) in [5, 5.41) is 4.51. The van der Waals surface area contributed by atoms with Crippen molar-refractivity contribution >= 4 is 5.91 Å². The second-order valence-corrected chi connectivity index (χ2v) is 7.15. The van der Waals surface area contributed by atoms with Crippen molar-refractivity contribution in [3.63, 3.8) is 0 Å². The van der Waals surface area contributed by atoms with Crippen molar-refractivity contribution in [3.05, 3.63) is 76.7 Å². The van der Waals surface area contributed by atoms with E-state index in [1.54, 1.807) is 24.0 Å². The van der Waals surface area contributed by atoms with Crippen LogP contribution in [0.3, 0.4) is 0 Å². The molecule has 0 radical (unpaired) electrons. The van der Waals surface area contributed by atoms with Crippen molar-refractivity contribution in [2.75, 3.05) is 13.1 Å². The third-order valence-electron chi connectivity index (χ3n) is 5.21. The van der Waals surface area contributed by atoms with Gasteiger partial charge in [0.2, 0.25) is 5.91 Å². The zero-order chi connectivity index (χ0) is 19.5. The van der Waals surface area contributed by atoms with Crippen molar-refractivity contribution in [2.24, 2.45) is 7.05 Å². The van der Waals surface area contributed by atoms with Crippen LogP contribution < -0.4 is 5.69 Å². The predicted molar refractivity (Wildman–Crippen MR) is 105 cm³/mol. The van der Waals surface area contributed by atoms with Gasteiger partial charge in [-0.25, -0.2) is 14.0 Å². The number of amides is 1. The van der Waals surface area contributed by atoms with Crippen LogP contribution in [0, 0.1) is 0 Å². The maximum absolute atomic E-state index is 12.8. The molecule has 4 rings (SSSR count). The zero-order valence-electron chi connectivity index (χ0n) is 15.9. The predicted octanol–water partition coefficient (Wildman–Crippen LogP) is 1.91. The highest BCUT2D eigenvalue weighted by atomic mass is 16.2. The SMILES string of the molecule is Cn1nc([C@@H]2CCCN(C(=O)Cc3ccncc3)C2)n(-c2ccccc2)c1=O. The summed E-state index contributed by atoms with van der Waals surface area (Å²) in [6.45, 7) is 1.32. The number of rotatable bonds is 4. The van der Waals surface area contributed by atoms with E-state index in [0.717, 1.165) is 36.5 Å². The highest BCUT2D eigenvalue weighted by Crippen LogP contribution is 2.27. The molecule has 7 heteroatoms. The number of para-hydroxylation sites is 1. The Morgan fingerprint density at radius 3 is 2.64 bits per heavy atom. The van der Waals surface area contributed by atoms with Crippen LogP contribution in [-0.4, -0.2) is 43.2 Å². The average Bonchev–Trinajstić information content (AvgIpc) is 3.04. The Kier molecular flexibility index (Phi) is 5.06. The number of piperidine rings is 1. The van der Waals surface area contributed by atoms with Crippen molar-refractivity contribution in [1.29, 1.82) is 0 Å². The highest BCUT2D eigenvalue weighted by Gasteiger charge is 2.29. The largest absolute Gasteiger partial charge is 0.350 e. The molecule has 0 unspecified atom stereocenters. The molecule has 0 spiro atoms. The molecule has 2 aromatic heterocycles. The first kappa shape index (κ1) is 18.2. The van der Waals surface area contributed by atoms with Gasteiger partial charge in [0.05, 0.1) is 12.1 Å². The van der Waals surface area contributed by atoms with E-state index in [-0.39, 0.29) is 17.5 Å². The van der Waals surface area contributed by atoms with E-state index in [0.29, 0.717) is 13.0 Å². The molecular weight excluding hydrogens is 354 g/mol. The number of carbonyl (C=O) groups excluding carboxylic acids is 1. The lowest BCUT2D eigenvalue weighted by atomic mass is 9.96. The minimum absolute atomic E-state index is 0.0317. The summed E-state index contributed by atoms with van der Waals surface area (Å²) in [6.07, 6.45) is 5.57. The van der Waals surface area contributed by atoms with E-state index in [4.69, 9.17) is 0 Å². The molecule has 0 saturated carbocycles. The molecule has 1 aromatic carbocycles. The Morgan fingerprint density at radius 2 is 1.89 bits per heavy atom. The van der Waals surface area contributed by atoms with Gasteiger partial charge in [0.25, 0.3) is 0 Å². The minimum atomic E-state index is -0.165. The fraction of sp³-hybridized carbons (Fsp3) is 0.333. The smallest absolute Gasteiger partial charge is 0.342 e. The van der Waals surface area contributed by atoms with Gasteiger partial charge in [0.15, 0.2) is 0 Å². The first-order valence-corrected chi connectivity index (χ1v) is 9.51. The van der Waals surface area contributed by atoms with Crippen LogP contribution in [0.15, 0.2) is 59.7 Å². The fourth-order valence-electron chi connectivity index (χ4n) is 3.77. The number of nitrogens with zero attached hydrogens (tertiary/aromatic N) is 5. The van der Waals surface area contributed by atoms with E-state index in [1.807, 2.05) is 47.4 Å². The van der Waals surface area contributed by atoms with Gasteiger partial charge in [0.1, 0.15) is 5.82 Å². The van der Waals surface area contributed by atoms with Crippen molar-refractivity contribution in [1.82, 2.24) is 24.2 Å². The van der Waals surface area contributed by atoms with Crippen LogP contribution in [0.5, 0.6) is 0 Å². The zero-order valence-corrected chi connectivity index (χ0v) is 15.9. The molecule has 1 aliphatic rings. The van der Waals surface area contributed by atoms with Crippen LogP contribution in [0.2, 0.25) is 0 Å². The summed E-state index contributed by atoms with van der Waals surface area (Å²) in [5.74, 6) is 0.852. The van der Waals surface area contributed by atoms with E-state index < -0.39 is 0 Å². The number of aryl methyl sites for hydroxylation is 1. The van der Waals surface area contributed by atoms with Gasteiger partial charge in [-0.2, -0.15) is 5.10 Å². The Hall–Kier alpha value is -3.22. The van der Waals surface area contributed by atoms with Gasteiger partial charge in [-0.05, 0) is 42.7 Å². The van der Waals surface area contributed by atoms with Crippen LogP contribution in [0.1, 0.15) is 30.1 Å². The summed E-state index contributed by atoms with van der Waals surface area (Å²) in [4.78, 5) is 31.3. The highest BCUT2D eigenvalue weighted by molar-refractivity contribution is 5.78. The molecule has 0 aliphatic carbocycles. The van der Waals surface area contributed by atoms with Crippen LogP contribution in [0.25, 0.3) is 5.69 Å².